The van der Waals surface area contributed by atoms with E-state index in [1.165, 1.54) is 29.7 Å². The number of hydrogen-bond acceptors (Lipinski definition) is 3. The maximum Gasteiger partial charge on any atom is 0.148 e. The van der Waals surface area contributed by atoms with Crippen molar-refractivity contribution in [3.05, 3.63) is 59.2 Å². The topological polar surface area (TPSA) is 24.8 Å². The number of terminal acetylenes is 1. The lowest BCUT2D eigenvalue weighted by atomic mass is 9.91. The first kappa shape index (κ1) is 19.6. The van der Waals surface area contributed by atoms with Crippen LogP contribution in [0.4, 0.5) is 5.69 Å². The van der Waals surface area contributed by atoms with E-state index in [2.05, 4.69) is 68.0 Å². The quantitative estimate of drug-likeness (QED) is 0.601. The van der Waals surface area contributed by atoms with Crippen LogP contribution in [0, 0.1) is 17.8 Å². The first-order valence-corrected chi connectivity index (χ1v) is 10.5. The van der Waals surface area contributed by atoms with E-state index in [0.29, 0.717) is 12.1 Å². The largest absolute Gasteiger partial charge is 0.481 e. The van der Waals surface area contributed by atoms with E-state index in [1.54, 1.807) is 0 Å². The van der Waals surface area contributed by atoms with Crippen molar-refractivity contribution in [3.8, 4) is 18.1 Å². The van der Waals surface area contributed by atoms with E-state index in [1.807, 2.05) is 6.07 Å². The molecule has 0 saturated heterocycles. The fraction of sp³-hybridized carbons (Fsp3) is 0.423. The van der Waals surface area contributed by atoms with Crippen LogP contribution < -0.4 is 9.64 Å². The smallest absolute Gasteiger partial charge is 0.148 e. The van der Waals surface area contributed by atoms with Gasteiger partial charge in [-0.2, -0.15) is 0 Å². The summed E-state index contributed by atoms with van der Waals surface area (Å²) < 4.78 is 5.70. The second kappa shape index (κ2) is 7.95. The lowest BCUT2D eigenvalue weighted by molar-refractivity contribution is 0.370. The van der Waals surface area contributed by atoms with Crippen molar-refractivity contribution in [2.75, 3.05) is 24.7 Å². The van der Waals surface area contributed by atoms with Crippen LogP contribution in [0.2, 0.25) is 0 Å². The van der Waals surface area contributed by atoms with Gasteiger partial charge in [0.05, 0.1) is 5.71 Å². The predicted molar refractivity (Wildman–Crippen MR) is 121 cm³/mol. The van der Waals surface area contributed by atoms with Crippen LogP contribution in [0.1, 0.15) is 62.6 Å². The molecule has 0 radical (unpaired) electrons. The molecule has 4 rings (SSSR count). The standard InChI is InChI=1S/C26H30N2O/c1-5-16-29-22-12-13-24-23(17-22)25(27-18-28(24)15-14-26(2,3)4)21-10-8-20(9-11-21)19-6-7-19/h1,8-13,17,19H,6-7,14-16,18H2,2-4H3. The summed E-state index contributed by atoms with van der Waals surface area (Å²) in [4.78, 5) is 7.35. The molecule has 2 aromatic rings. The Morgan fingerprint density at radius 2 is 1.90 bits per heavy atom. The highest BCUT2D eigenvalue weighted by molar-refractivity contribution is 6.17. The lowest BCUT2D eigenvalue weighted by Gasteiger charge is -2.32. The Kier molecular flexibility index (Phi) is 5.37. The summed E-state index contributed by atoms with van der Waals surface area (Å²) in [7, 11) is 0. The Balaban J connectivity index is 1.66. The van der Waals surface area contributed by atoms with Gasteiger partial charge in [0.2, 0.25) is 0 Å². The average Bonchev–Trinajstić information content (AvgIpc) is 3.55. The number of nitrogens with zero attached hydrogens (tertiary/aromatic N) is 2. The van der Waals surface area contributed by atoms with Gasteiger partial charge in [0.15, 0.2) is 0 Å². The van der Waals surface area contributed by atoms with Crippen LogP contribution in [0.5, 0.6) is 5.75 Å². The minimum Gasteiger partial charge on any atom is -0.481 e. The molecule has 1 aliphatic carbocycles. The van der Waals surface area contributed by atoms with Gasteiger partial charge >= 0.3 is 0 Å². The van der Waals surface area contributed by atoms with Gasteiger partial charge in [-0.1, -0.05) is 51.0 Å². The molecule has 1 heterocycles. The molecule has 1 saturated carbocycles. The summed E-state index contributed by atoms with van der Waals surface area (Å²) in [6.45, 7) is 8.79. The monoisotopic (exact) mass is 386 g/mol. The molecule has 0 bridgehead atoms. The Morgan fingerprint density at radius 3 is 2.55 bits per heavy atom. The van der Waals surface area contributed by atoms with Gasteiger partial charge in [0.1, 0.15) is 19.0 Å². The third kappa shape index (κ3) is 4.65. The summed E-state index contributed by atoms with van der Waals surface area (Å²) >= 11 is 0. The molecular weight excluding hydrogens is 356 g/mol. The Bertz CT molecular complexity index is 940. The van der Waals surface area contributed by atoms with E-state index in [9.17, 15) is 0 Å². The molecule has 2 aromatic carbocycles. The second-order valence-electron chi connectivity index (χ2n) is 9.29. The highest BCUT2D eigenvalue weighted by atomic mass is 16.5. The van der Waals surface area contributed by atoms with Crippen molar-refractivity contribution < 1.29 is 4.74 Å². The molecule has 0 aromatic heterocycles. The fourth-order valence-electron chi connectivity index (χ4n) is 3.75. The number of hydrogen-bond donors (Lipinski definition) is 0. The second-order valence-corrected chi connectivity index (χ2v) is 9.29. The summed E-state index contributed by atoms with van der Waals surface area (Å²) in [5.74, 6) is 4.10. The Hall–Kier alpha value is -2.73. The summed E-state index contributed by atoms with van der Waals surface area (Å²) in [5, 5.41) is 0. The van der Waals surface area contributed by atoms with Gasteiger partial charge in [0, 0.05) is 23.4 Å². The van der Waals surface area contributed by atoms with Gasteiger partial charge in [-0.15, -0.1) is 6.42 Å². The lowest BCUT2D eigenvalue weighted by Crippen LogP contribution is -2.32. The van der Waals surface area contributed by atoms with Crippen molar-refractivity contribution in [1.82, 2.24) is 0 Å². The zero-order chi connectivity index (χ0) is 20.4. The van der Waals surface area contributed by atoms with Gasteiger partial charge in [-0.05, 0) is 54.4 Å². The van der Waals surface area contributed by atoms with Crippen molar-refractivity contribution in [1.29, 1.82) is 0 Å². The third-order valence-electron chi connectivity index (χ3n) is 5.65. The summed E-state index contributed by atoms with van der Waals surface area (Å²) in [5.41, 5.74) is 6.29. The summed E-state index contributed by atoms with van der Waals surface area (Å²) in [6, 6.07) is 15.2. The molecule has 2 aliphatic rings. The van der Waals surface area contributed by atoms with E-state index < -0.39 is 0 Å². The van der Waals surface area contributed by atoms with Gasteiger partial charge in [0.25, 0.3) is 0 Å². The number of rotatable bonds is 6. The van der Waals surface area contributed by atoms with Crippen LogP contribution >= 0.6 is 0 Å². The number of anilines is 1. The normalized spacial score (nSPS) is 16.1. The van der Waals surface area contributed by atoms with E-state index in [0.717, 1.165) is 35.9 Å². The Labute approximate surface area is 174 Å². The first-order chi connectivity index (χ1) is 13.9. The van der Waals surface area contributed by atoms with Crippen LogP contribution in [-0.4, -0.2) is 25.5 Å². The average molecular weight is 387 g/mol. The van der Waals surface area contributed by atoms with Crippen molar-refractivity contribution >= 4 is 11.4 Å². The number of benzene rings is 2. The molecule has 3 nitrogen and oxygen atoms in total. The molecule has 1 fully saturated rings. The molecule has 0 amide bonds. The minimum absolute atomic E-state index is 0.273. The molecule has 150 valence electrons. The number of aliphatic imine (C=N–C) groups is 1. The zero-order valence-corrected chi connectivity index (χ0v) is 17.7. The third-order valence-corrected chi connectivity index (χ3v) is 5.65. The van der Waals surface area contributed by atoms with Crippen molar-refractivity contribution in [2.24, 2.45) is 10.4 Å². The van der Waals surface area contributed by atoms with E-state index in [4.69, 9.17) is 16.2 Å². The predicted octanol–water partition coefficient (Wildman–Crippen LogP) is 5.63. The van der Waals surface area contributed by atoms with Crippen molar-refractivity contribution in [2.45, 2.75) is 46.0 Å². The van der Waals surface area contributed by atoms with E-state index in [-0.39, 0.29) is 6.61 Å². The molecule has 0 spiro atoms. The van der Waals surface area contributed by atoms with Crippen LogP contribution in [0.3, 0.4) is 0 Å². The molecular formula is C26H30N2O. The van der Waals surface area contributed by atoms with Crippen LogP contribution in [-0.2, 0) is 0 Å². The minimum atomic E-state index is 0.273. The maximum atomic E-state index is 5.70. The molecule has 0 N–H and O–H groups in total. The molecule has 1 aliphatic heterocycles. The van der Waals surface area contributed by atoms with E-state index >= 15 is 0 Å². The Morgan fingerprint density at radius 1 is 1.14 bits per heavy atom. The number of fused-ring (bicyclic) bond motifs is 1. The molecule has 29 heavy (non-hydrogen) atoms. The maximum absolute atomic E-state index is 5.70. The van der Waals surface area contributed by atoms with Gasteiger partial charge in [-0.3, -0.25) is 4.99 Å². The van der Waals surface area contributed by atoms with Crippen LogP contribution in [0.25, 0.3) is 0 Å². The molecule has 3 heteroatoms. The van der Waals surface area contributed by atoms with Gasteiger partial charge < -0.3 is 9.64 Å². The number of ether oxygens (including phenoxy) is 1. The fourth-order valence-corrected chi connectivity index (χ4v) is 3.75. The van der Waals surface area contributed by atoms with Gasteiger partial charge in [-0.25, -0.2) is 0 Å². The highest BCUT2D eigenvalue weighted by Crippen LogP contribution is 2.40. The molecule has 0 atom stereocenters. The van der Waals surface area contributed by atoms with Crippen molar-refractivity contribution in [3.63, 3.8) is 0 Å². The first-order valence-electron chi connectivity index (χ1n) is 10.5. The molecule has 0 unspecified atom stereocenters. The highest BCUT2D eigenvalue weighted by Gasteiger charge is 2.25. The SMILES string of the molecule is C#CCOc1ccc2c(c1)C(c1ccc(C3CC3)cc1)=NCN2CCC(C)(C)C. The summed E-state index contributed by atoms with van der Waals surface area (Å²) in [6.07, 6.45) is 9.13. The van der Waals surface area contributed by atoms with Crippen LogP contribution in [0.15, 0.2) is 47.5 Å². The zero-order valence-electron chi connectivity index (χ0n) is 17.7.